The summed E-state index contributed by atoms with van der Waals surface area (Å²) in [6, 6.07) is 6.48. The average molecular weight is 276 g/mol. The highest BCUT2D eigenvalue weighted by molar-refractivity contribution is 7.86. The Morgan fingerprint density at radius 3 is 2.65 bits per heavy atom. The van der Waals surface area contributed by atoms with Crippen LogP contribution in [0.25, 0.3) is 0 Å². The topological polar surface area (TPSA) is 83.5 Å². The first-order valence-electron chi connectivity index (χ1n) is 4.59. The van der Waals surface area contributed by atoms with Crippen molar-refractivity contribution in [3.05, 3.63) is 29.3 Å². The second-order valence-electron chi connectivity index (χ2n) is 3.18. The van der Waals surface area contributed by atoms with Crippen LogP contribution in [0.4, 0.5) is 5.69 Å². The van der Waals surface area contributed by atoms with Crippen molar-refractivity contribution in [2.45, 2.75) is 0 Å². The molecule has 0 unspecified atom stereocenters. The molecule has 0 fully saturated rings. The first-order valence-corrected chi connectivity index (χ1v) is 6.46. The van der Waals surface area contributed by atoms with Gasteiger partial charge < -0.3 is 10.4 Å². The van der Waals surface area contributed by atoms with Crippen LogP contribution >= 0.6 is 11.6 Å². The van der Waals surface area contributed by atoms with Gasteiger partial charge in [0.2, 0.25) is 5.91 Å². The molecule has 0 aliphatic rings. The zero-order valence-electron chi connectivity index (χ0n) is 8.68. The van der Waals surface area contributed by atoms with Crippen LogP contribution in [0.5, 0.6) is 0 Å². The summed E-state index contributed by atoms with van der Waals surface area (Å²) < 4.78 is 11.2. The number of hydrogen-bond acceptors (Lipinski definition) is 3. The fraction of sp³-hybridized carbons (Fsp3) is 0.200. The molecular formula is C10H10ClNO4S. The van der Waals surface area contributed by atoms with Gasteiger partial charge in [0.15, 0.2) is 0 Å². The Labute approximate surface area is 105 Å². The van der Waals surface area contributed by atoms with Crippen molar-refractivity contribution < 1.29 is 18.9 Å². The van der Waals surface area contributed by atoms with Gasteiger partial charge in [-0.15, -0.1) is 0 Å². The lowest BCUT2D eigenvalue weighted by Crippen LogP contribution is -2.23. The number of carboxylic acid groups (broad SMARTS) is 1. The van der Waals surface area contributed by atoms with E-state index >= 15 is 0 Å². The normalized spacial score (nSPS) is 11.8. The third-order valence-corrected chi connectivity index (χ3v) is 3.07. The van der Waals surface area contributed by atoms with Gasteiger partial charge in [-0.3, -0.25) is 13.8 Å². The number of halogens is 1. The summed E-state index contributed by atoms with van der Waals surface area (Å²) in [7, 11) is -1.70. The van der Waals surface area contributed by atoms with Crippen LogP contribution in [-0.2, 0) is 20.4 Å². The van der Waals surface area contributed by atoms with E-state index in [9.17, 15) is 13.8 Å². The van der Waals surface area contributed by atoms with Gasteiger partial charge in [0, 0.05) is 21.5 Å². The molecule has 92 valence electrons. The van der Waals surface area contributed by atoms with Crippen molar-refractivity contribution >= 4 is 40.0 Å². The number of benzene rings is 1. The fourth-order valence-corrected chi connectivity index (χ4v) is 2.03. The molecular weight excluding hydrogens is 266 g/mol. The van der Waals surface area contributed by atoms with E-state index in [0.717, 1.165) is 0 Å². The average Bonchev–Trinajstić information content (AvgIpc) is 2.14. The summed E-state index contributed by atoms with van der Waals surface area (Å²) in [6.07, 6.45) is 0. The smallest absolute Gasteiger partial charge is 0.316 e. The van der Waals surface area contributed by atoms with Crippen molar-refractivity contribution in [1.29, 1.82) is 0 Å². The summed E-state index contributed by atoms with van der Waals surface area (Å²) in [5, 5.41) is 11.3. The summed E-state index contributed by atoms with van der Waals surface area (Å²) in [5.41, 5.74) is 0.481. The molecule has 0 spiro atoms. The van der Waals surface area contributed by atoms with E-state index < -0.39 is 28.4 Å². The molecule has 0 radical (unpaired) electrons. The molecule has 0 bridgehead atoms. The molecule has 1 rings (SSSR count). The first kappa shape index (κ1) is 13.7. The molecule has 0 aromatic heterocycles. The number of amides is 1. The van der Waals surface area contributed by atoms with Gasteiger partial charge in [0.25, 0.3) is 0 Å². The zero-order valence-corrected chi connectivity index (χ0v) is 10.3. The van der Waals surface area contributed by atoms with Crippen LogP contribution < -0.4 is 5.32 Å². The number of nitrogens with one attached hydrogen (secondary N) is 1. The van der Waals surface area contributed by atoms with Crippen LogP contribution in [-0.4, -0.2) is 32.7 Å². The number of rotatable bonds is 5. The minimum absolute atomic E-state index is 0.348. The third-order valence-electron chi connectivity index (χ3n) is 1.68. The van der Waals surface area contributed by atoms with Crippen LogP contribution in [0, 0.1) is 0 Å². The molecule has 1 amide bonds. The molecule has 2 N–H and O–H groups in total. The highest BCUT2D eigenvalue weighted by Gasteiger charge is 2.11. The zero-order chi connectivity index (χ0) is 12.8. The van der Waals surface area contributed by atoms with Gasteiger partial charge in [-0.2, -0.15) is 0 Å². The number of aliphatic carboxylic acids is 1. The highest BCUT2D eigenvalue weighted by Crippen LogP contribution is 2.14. The molecule has 1 aromatic rings. The lowest BCUT2D eigenvalue weighted by atomic mass is 10.3. The Morgan fingerprint density at radius 1 is 1.35 bits per heavy atom. The molecule has 0 saturated heterocycles. The van der Waals surface area contributed by atoms with Crippen molar-refractivity contribution in [1.82, 2.24) is 0 Å². The van der Waals surface area contributed by atoms with Gasteiger partial charge in [-0.05, 0) is 18.2 Å². The molecule has 17 heavy (non-hydrogen) atoms. The van der Waals surface area contributed by atoms with Gasteiger partial charge in [-0.1, -0.05) is 17.7 Å². The van der Waals surface area contributed by atoms with Crippen LogP contribution in [0.1, 0.15) is 0 Å². The lowest BCUT2D eigenvalue weighted by Gasteiger charge is -2.04. The third kappa shape index (κ3) is 5.46. The van der Waals surface area contributed by atoms with Crippen molar-refractivity contribution in [3.63, 3.8) is 0 Å². The fourth-order valence-electron chi connectivity index (χ4n) is 1.10. The number of carbonyl (C=O) groups is 2. The minimum atomic E-state index is -1.70. The molecule has 1 aromatic carbocycles. The Balaban J connectivity index is 2.50. The largest absolute Gasteiger partial charge is 0.481 e. The number of carboxylic acids is 1. The maximum Gasteiger partial charge on any atom is 0.316 e. The predicted octanol–water partition coefficient (Wildman–Crippen LogP) is 1.11. The van der Waals surface area contributed by atoms with E-state index in [1.807, 2.05) is 0 Å². The Bertz CT molecular complexity index is 463. The van der Waals surface area contributed by atoms with Crippen LogP contribution in [0.3, 0.4) is 0 Å². The number of hydrogen-bond donors (Lipinski definition) is 2. The SMILES string of the molecule is O=C(O)C[S@@](=O)CC(=O)Nc1cccc(Cl)c1. The van der Waals surface area contributed by atoms with Gasteiger partial charge in [0.1, 0.15) is 11.5 Å². The Kier molecular flexibility index (Phi) is 5.11. The van der Waals surface area contributed by atoms with E-state index in [1.165, 1.54) is 0 Å². The quantitative estimate of drug-likeness (QED) is 0.843. The molecule has 7 heteroatoms. The first-order chi connectivity index (χ1) is 7.97. The summed E-state index contributed by atoms with van der Waals surface area (Å²) in [6.45, 7) is 0. The molecule has 0 aliphatic carbocycles. The summed E-state index contributed by atoms with van der Waals surface area (Å²) in [5.74, 6) is -2.59. The highest BCUT2D eigenvalue weighted by atomic mass is 35.5. The monoisotopic (exact) mass is 275 g/mol. The molecule has 1 atom stereocenters. The van der Waals surface area contributed by atoms with Gasteiger partial charge in [-0.25, -0.2) is 0 Å². The van der Waals surface area contributed by atoms with Gasteiger partial charge >= 0.3 is 5.97 Å². The van der Waals surface area contributed by atoms with Crippen molar-refractivity contribution in [2.24, 2.45) is 0 Å². The van der Waals surface area contributed by atoms with E-state index in [1.54, 1.807) is 24.3 Å². The number of anilines is 1. The van der Waals surface area contributed by atoms with Crippen molar-refractivity contribution in [2.75, 3.05) is 16.8 Å². The van der Waals surface area contributed by atoms with Gasteiger partial charge in [0.05, 0.1) is 0 Å². The second-order valence-corrected chi connectivity index (χ2v) is 5.07. The molecule has 5 nitrogen and oxygen atoms in total. The van der Waals surface area contributed by atoms with E-state index in [-0.39, 0.29) is 5.75 Å². The Morgan fingerprint density at radius 2 is 2.06 bits per heavy atom. The molecule has 0 heterocycles. The molecule has 0 saturated carbocycles. The second kappa shape index (κ2) is 6.36. The number of carbonyl (C=O) groups excluding carboxylic acids is 1. The standard InChI is InChI=1S/C10H10ClNO4S/c11-7-2-1-3-8(4-7)12-9(13)5-17(16)6-10(14)15/h1-4H,5-6H2,(H,12,13)(H,14,15)/t17-/m0/s1. The van der Waals surface area contributed by atoms with E-state index in [0.29, 0.717) is 10.7 Å². The summed E-state index contributed by atoms with van der Waals surface area (Å²) >= 11 is 5.71. The lowest BCUT2D eigenvalue weighted by molar-refractivity contribution is -0.133. The predicted molar refractivity (Wildman–Crippen MR) is 65.6 cm³/mol. The Hall–Kier alpha value is -1.40. The molecule has 0 aliphatic heterocycles. The van der Waals surface area contributed by atoms with E-state index in [4.69, 9.17) is 16.7 Å². The van der Waals surface area contributed by atoms with E-state index in [2.05, 4.69) is 5.32 Å². The minimum Gasteiger partial charge on any atom is -0.481 e. The maximum absolute atomic E-state index is 11.4. The van der Waals surface area contributed by atoms with Crippen LogP contribution in [0.15, 0.2) is 24.3 Å². The summed E-state index contributed by atoms with van der Waals surface area (Å²) in [4.78, 5) is 21.6. The van der Waals surface area contributed by atoms with Crippen molar-refractivity contribution in [3.8, 4) is 0 Å². The van der Waals surface area contributed by atoms with Crippen LogP contribution in [0.2, 0.25) is 5.02 Å². The maximum atomic E-state index is 11.4.